The van der Waals surface area contributed by atoms with Crippen LogP contribution >= 0.6 is 11.6 Å². The van der Waals surface area contributed by atoms with Gasteiger partial charge in [-0.05, 0) is 89.7 Å². The number of anilines is 1. The molecule has 40 heavy (non-hydrogen) atoms. The average Bonchev–Trinajstić information content (AvgIpc) is 3.08. The molecule has 1 aliphatic rings. The lowest BCUT2D eigenvalue weighted by molar-refractivity contribution is -0.119. The van der Waals surface area contributed by atoms with E-state index in [4.69, 9.17) is 21.3 Å². The molecule has 0 aliphatic carbocycles. The number of benzene rings is 4. The quantitative estimate of drug-likeness (QED) is 0.252. The molecule has 4 aromatic carbocycles. The van der Waals surface area contributed by atoms with E-state index in [1.165, 1.54) is 11.1 Å². The Hall–Kier alpha value is -4.09. The van der Waals surface area contributed by atoms with E-state index in [1.54, 1.807) is 19.2 Å². The molecule has 0 aromatic heterocycles. The Kier molecular flexibility index (Phi) is 8.22. The van der Waals surface area contributed by atoms with E-state index in [1.807, 2.05) is 59.5 Å². The van der Waals surface area contributed by atoms with Crippen molar-refractivity contribution >= 4 is 28.9 Å². The van der Waals surface area contributed by atoms with Crippen molar-refractivity contribution in [2.45, 2.75) is 45.7 Å². The number of benzodiazepines with no additional fused rings is 1. The van der Waals surface area contributed by atoms with Crippen molar-refractivity contribution in [3.8, 4) is 11.5 Å². The van der Waals surface area contributed by atoms with E-state index in [9.17, 15) is 9.90 Å². The van der Waals surface area contributed by atoms with E-state index < -0.39 is 6.04 Å². The Morgan fingerprint density at radius 2 is 1.50 bits per heavy atom. The Morgan fingerprint density at radius 3 is 2.12 bits per heavy atom. The van der Waals surface area contributed by atoms with Crippen LogP contribution in [0.3, 0.4) is 0 Å². The molecule has 4 aromatic rings. The van der Waals surface area contributed by atoms with Gasteiger partial charge in [-0.15, -0.1) is 0 Å². The maximum Gasteiger partial charge on any atom is 0.252 e. The van der Waals surface area contributed by atoms with Crippen LogP contribution in [0.5, 0.6) is 11.5 Å². The number of hydrogen-bond acceptors (Lipinski definition) is 4. The van der Waals surface area contributed by atoms with Gasteiger partial charge >= 0.3 is 0 Å². The number of amides is 1. The predicted octanol–water partition coefficient (Wildman–Crippen LogP) is 7.17. The van der Waals surface area contributed by atoms with Crippen LogP contribution in [0.2, 0.25) is 5.02 Å². The molecule has 5 rings (SSSR count). The van der Waals surface area contributed by atoms with Crippen molar-refractivity contribution < 1.29 is 14.6 Å². The first kappa shape index (κ1) is 27.5. The highest BCUT2D eigenvalue weighted by Crippen LogP contribution is 2.33. The van der Waals surface area contributed by atoms with Gasteiger partial charge in [-0.1, -0.05) is 55.8 Å². The van der Waals surface area contributed by atoms with Crippen LogP contribution in [0.25, 0.3) is 0 Å². The zero-order chi connectivity index (χ0) is 28.2. The average molecular weight is 553 g/mol. The van der Waals surface area contributed by atoms with Gasteiger partial charge in [-0.3, -0.25) is 9.79 Å². The summed E-state index contributed by atoms with van der Waals surface area (Å²) >= 11 is 6.51. The second kappa shape index (κ2) is 12.0. The lowest BCUT2D eigenvalue weighted by Gasteiger charge is -2.26. The van der Waals surface area contributed by atoms with Gasteiger partial charge in [-0.25, -0.2) is 0 Å². The van der Waals surface area contributed by atoms with Crippen LogP contribution in [0.4, 0.5) is 5.69 Å². The fraction of sp³-hybridized carbons (Fsp3) is 0.235. The zero-order valence-electron chi connectivity index (χ0n) is 23.0. The molecular weight excluding hydrogens is 520 g/mol. The molecule has 1 aliphatic heterocycles. The molecule has 1 unspecified atom stereocenters. The number of hydrogen-bond donors (Lipinski definition) is 1. The summed E-state index contributed by atoms with van der Waals surface area (Å²) in [4.78, 5) is 21.3. The van der Waals surface area contributed by atoms with Crippen molar-refractivity contribution in [2.24, 2.45) is 4.99 Å². The molecule has 0 radical (unpaired) electrons. The first-order chi connectivity index (χ1) is 19.4. The Balaban J connectivity index is 1.65. The largest absolute Gasteiger partial charge is 0.508 e. The van der Waals surface area contributed by atoms with E-state index in [0.717, 1.165) is 46.5 Å². The molecule has 1 atom stereocenters. The molecule has 0 bridgehead atoms. The molecule has 1 N–H and O–H groups in total. The number of carbonyl (C=O) groups excluding carboxylic acids is 1. The number of nitrogens with zero attached hydrogens (tertiary/aromatic N) is 2. The van der Waals surface area contributed by atoms with Crippen molar-refractivity contribution in [2.75, 3.05) is 12.0 Å². The summed E-state index contributed by atoms with van der Waals surface area (Å²) in [5, 5.41) is 10.5. The number of methoxy groups -OCH3 is 1. The number of aliphatic imine (C=N–C) groups is 1. The standard InChI is InChI=1S/C34H33ClN2O3/c1-4-22-16-23(5-2)18-25(17-22)19-31-34(39)37(21-24-6-13-29(40-3)14-7-24)32-15-10-27(35)20-30(32)33(36-31)26-8-11-28(38)12-9-26/h6-18,20,31,38H,4-5,19,21H2,1-3H3. The lowest BCUT2D eigenvalue weighted by atomic mass is 9.97. The van der Waals surface area contributed by atoms with Crippen molar-refractivity contribution in [1.82, 2.24) is 0 Å². The van der Waals surface area contributed by atoms with E-state index in [2.05, 4.69) is 32.0 Å². The third-order valence-corrected chi connectivity index (χ3v) is 7.57. The summed E-state index contributed by atoms with van der Waals surface area (Å²) in [6.07, 6.45) is 2.33. The van der Waals surface area contributed by atoms with Crippen LogP contribution in [0, 0.1) is 0 Å². The van der Waals surface area contributed by atoms with Crippen molar-refractivity contribution in [3.05, 3.63) is 123 Å². The SMILES string of the molecule is CCc1cc(CC)cc(CC2N=C(c3ccc(O)cc3)c3cc(Cl)ccc3N(Cc3ccc(OC)cc3)C2=O)c1. The first-order valence-corrected chi connectivity index (χ1v) is 14.0. The topological polar surface area (TPSA) is 62.1 Å². The van der Waals surface area contributed by atoms with Gasteiger partial charge in [-0.2, -0.15) is 0 Å². The maximum atomic E-state index is 14.4. The van der Waals surface area contributed by atoms with Crippen LogP contribution in [0.1, 0.15) is 47.2 Å². The predicted molar refractivity (Wildman–Crippen MR) is 162 cm³/mol. The molecule has 0 spiro atoms. The third-order valence-electron chi connectivity index (χ3n) is 7.34. The van der Waals surface area contributed by atoms with Gasteiger partial charge in [0.2, 0.25) is 0 Å². The number of carbonyl (C=O) groups is 1. The third kappa shape index (κ3) is 5.90. The number of fused-ring (bicyclic) bond motifs is 1. The molecule has 5 nitrogen and oxygen atoms in total. The zero-order valence-corrected chi connectivity index (χ0v) is 23.8. The highest BCUT2D eigenvalue weighted by molar-refractivity contribution is 6.32. The second-order valence-electron chi connectivity index (χ2n) is 10.0. The molecule has 1 amide bonds. The smallest absolute Gasteiger partial charge is 0.252 e. The van der Waals surface area contributed by atoms with Crippen molar-refractivity contribution in [1.29, 1.82) is 0 Å². The fourth-order valence-corrected chi connectivity index (χ4v) is 5.33. The summed E-state index contributed by atoms with van der Waals surface area (Å²) in [5.74, 6) is 0.853. The molecule has 0 saturated carbocycles. The van der Waals surface area contributed by atoms with E-state index >= 15 is 0 Å². The highest BCUT2D eigenvalue weighted by atomic mass is 35.5. The normalized spacial score (nSPS) is 14.9. The van der Waals surface area contributed by atoms with Crippen LogP contribution in [-0.2, 0) is 30.6 Å². The Labute approximate surface area is 240 Å². The van der Waals surface area contributed by atoms with E-state index in [-0.39, 0.29) is 11.7 Å². The van der Waals surface area contributed by atoms with Crippen LogP contribution < -0.4 is 9.64 Å². The van der Waals surface area contributed by atoms with Gasteiger partial charge < -0.3 is 14.7 Å². The molecule has 204 valence electrons. The van der Waals surface area contributed by atoms with E-state index in [0.29, 0.717) is 23.7 Å². The van der Waals surface area contributed by atoms with Gasteiger partial charge in [0.25, 0.3) is 5.91 Å². The number of phenolic OH excluding ortho intramolecular Hbond substituents is 1. The summed E-state index contributed by atoms with van der Waals surface area (Å²) in [7, 11) is 1.64. The number of ether oxygens (including phenoxy) is 1. The Bertz CT molecular complexity index is 1520. The van der Waals surface area contributed by atoms with Gasteiger partial charge in [0.1, 0.15) is 17.5 Å². The number of aromatic hydroxyl groups is 1. The molecule has 0 saturated heterocycles. The molecule has 1 heterocycles. The maximum absolute atomic E-state index is 14.4. The molecular formula is C34H33ClN2O3. The summed E-state index contributed by atoms with van der Waals surface area (Å²) in [6.45, 7) is 4.67. The summed E-state index contributed by atoms with van der Waals surface area (Å²) in [6, 6.07) is 26.2. The van der Waals surface area contributed by atoms with Gasteiger partial charge in [0.05, 0.1) is 25.1 Å². The number of halogens is 1. The molecule has 0 fully saturated rings. The summed E-state index contributed by atoms with van der Waals surface area (Å²) in [5.41, 5.74) is 7.58. The number of rotatable bonds is 8. The highest BCUT2D eigenvalue weighted by Gasteiger charge is 2.32. The van der Waals surface area contributed by atoms with Crippen molar-refractivity contribution in [3.63, 3.8) is 0 Å². The second-order valence-corrected chi connectivity index (χ2v) is 10.5. The Morgan fingerprint density at radius 1 is 0.850 bits per heavy atom. The summed E-state index contributed by atoms with van der Waals surface area (Å²) < 4.78 is 5.33. The number of phenols is 1. The van der Waals surface area contributed by atoms with Gasteiger partial charge in [0, 0.05) is 22.6 Å². The first-order valence-electron chi connectivity index (χ1n) is 13.6. The monoisotopic (exact) mass is 552 g/mol. The van der Waals surface area contributed by atoms with Gasteiger partial charge in [0.15, 0.2) is 0 Å². The fourth-order valence-electron chi connectivity index (χ4n) is 5.16. The minimum absolute atomic E-state index is 0.0758. The van der Waals surface area contributed by atoms with Crippen LogP contribution in [0.15, 0.2) is 89.9 Å². The number of aryl methyl sites for hydroxylation is 2. The lowest BCUT2D eigenvalue weighted by Crippen LogP contribution is -2.38. The molecule has 6 heteroatoms. The minimum Gasteiger partial charge on any atom is -0.508 e. The van der Waals surface area contributed by atoms with Crippen LogP contribution in [-0.4, -0.2) is 29.9 Å². The minimum atomic E-state index is -0.648.